The normalized spacial score (nSPS) is 10.7. The highest BCUT2D eigenvalue weighted by Gasteiger charge is 2.07. The molecule has 3 aromatic rings. The zero-order chi connectivity index (χ0) is 13.9. The third kappa shape index (κ3) is 2.40. The maximum Gasteiger partial charge on any atom is 0.161 e. The average Bonchev–Trinajstić information content (AvgIpc) is 2.87. The van der Waals surface area contributed by atoms with Crippen molar-refractivity contribution in [2.24, 2.45) is 0 Å². The van der Waals surface area contributed by atoms with E-state index in [1.165, 1.54) is 0 Å². The summed E-state index contributed by atoms with van der Waals surface area (Å²) in [6.07, 6.45) is 0. The maximum absolute atomic E-state index is 9.41. The van der Waals surface area contributed by atoms with Crippen LogP contribution in [0.2, 0.25) is 0 Å². The van der Waals surface area contributed by atoms with Crippen LogP contribution < -0.4 is 9.47 Å². The van der Waals surface area contributed by atoms with E-state index in [1.54, 1.807) is 25.3 Å². The first-order chi connectivity index (χ1) is 9.76. The number of para-hydroxylation sites is 2. The van der Waals surface area contributed by atoms with Crippen molar-refractivity contribution >= 4 is 11.0 Å². The summed E-state index contributed by atoms with van der Waals surface area (Å²) in [5, 5.41) is 10.3. The summed E-state index contributed by atoms with van der Waals surface area (Å²) in [4.78, 5) is 0. The fourth-order valence-corrected chi connectivity index (χ4v) is 2.03. The van der Waals surface area contributed by atoms with Gasteiger partial charge in [0.2, 0.25) is 0 Å². The molecule has 1 heterocycles. The second kappa shape index (κ2) is 5.17. The molecular weight excluding hydrogens is 256 g/mol. The van der Waals surface area contributed by atoms with E-state index in [0.717, 1.165) is 5.39 Å². The van der Waals surface area contributed by atoms with E-state index in [2.05, 4.69) is 0 Å². The molecule has 0 fully saturated rings. The van der Waals surface area contributed by atoms with Crippen molar-refractivity contribution in [3.8, 4) is 17.2 Å². The standard InChI is InChI=1S/C16H14O4/c1-18-14-4-2-3-5-15(14)19-10-13-8-11-6-7-12(17)9-16(11)20-13/h2-9,17H,10H2,1H3. The molecule has 4 nitrogen and oxygen atoms in total. The number of phenolic OH excluding ortho intramolecular Hbond substituents is 1. The number of methoxy groups -OCH3 is 1. The minimum Gasteiger partial charge on any atom is -0.508 e. The zero-order valence-corrected chi connectivity index (χ0v) is 11.0. The van der Waals surface area contributed by atoms with Gasteiger partial charge >= 0.3 is 0 Å². The molecule has 0 radical (unpaired) electrons. The summed E-state index contributed by atoms with van der Waals surface area (Å²) in [6, 6.07) is 14.4. The molecule has 3 rings (SSSR count). The van der Waals surface area contributed by atoms with Crippen molar-refractivity contribution in [1.82, 2.24) is 0 Å². The van der Waals surface area contributed by atoms with Gasteiger partial charge in [0.1, 0.15) is 23.7 Å². The molecule has 0 spiro atoms. The Kier molecular flexibility index (Phi) is 3.21. The molecule has 0 aliphatic carbocycles. The van der Waals surface area contributed by atoms with Crippen molar-refractivity contribution in [2.75, 3.05) is 7.11 Å². The minimum absolute atomic E-state index is 0.184. The Labute approximate surface area is 116 Å². The lowest BCUT2D eigenvalue weighted by Crippen LogP contribution is -1.96. The molecule has 20 heavy (non-hydrogen) atoms. The molecule has 0 saturated carbocycles. The van der Waals surface area contributed by atoms with Crippen LogP contribution >= 0.6 is 0 Å². The molecule has 0 amide bonds. The van der Waals surface area contributed by atoms with Crippen molar-refractivity contribution in [2.45, 2.75) is 6.61 Å². The first kappa shape index (κ1) is 12.4. The lowest BCUT2D eigenvalue weighted by atomic mass is 10.2. The van der Waals surface area contributed by atoms with E-state index in [1.807, 2.05) is 30.3 Å². The lowest BCUT2D eigenvalue weighted by molar-refractivity contribution is 0.259. The van der Waals surface area contributed by atoms with Crippen LogP contribution in [-0.2, 0) is 6.61 Å². The third-order valence-corrected chi connectivity index (χ3v) is 2.99. The van der Waals surface area contributed by atoms with Crippen LogP contribution in [0.5, 0.6) is 17.2 Å². The highest BCUT2D eigenvalue weighted by atomic mass is 16.5. The Morgan fingerprint density at radius 3 is 2.65 bits per heavy atom. The van der Waals surface area contributed by atoms with Gasteiger partial charge in [-0.3, -0.25) is 0 Å². The van der Waals surface area contributed by atoms with Gasteiger partial charge < -0.3 is 19.0 Å². The van der Waals surface area contributed by atoms with Crippen LogP contribution in [0.1, 0.15) is 5.76 Å². The third-order valence-electron chi connectivity index (χ3n) is 2.99. The first-order valence-electron chi connectivity index (χ1n) is 6.23. The number of rotatable bonds is 4. The van der Waals surface area contributed by atoms with Gasteiger partial charge in [-0.1, -0.05) is 12.1 Å². The molecule has 0 unspecified atom stereocenters. The van der Waals surface area contributed by atoms with Gasteiger partial charge in [0.15, 0.2) is 11.5 Å². The van der Waals surface area contributed by atoms with Gasteiger partial charge in [0, 0.05) is 11.5 Å². The number of hydrogen-bond acceptors (Lipinski definition) is 4. The summed E-state index contributed by atoms with van der Waals surface area (Å²) in [6.45, 7) is 0.301. The molecule has 0 atom stereocenters. The number of hydrogen-bond donors (Lipinski definition) is 1. The molecule has 102 valence electrons. The van der Waals surface area contributed by atoms with Gasteiger partial charge in [-0.2, -0.15) is 0 Å². The number of ether oxygens (including phenoxy) is 2. The quantitative estimate of drug-likeness (QED) is 0.785. The monoisotopic (exact) mass is 270 g/mol. The van der Waals surface area contributed by atoms with Crippen LogP contribution in [0.4, 0.5) is 0 Å². The Balaban J connectivity index is 1.79. The molecule has 0 aliphatic heterocycles. The van der Waals surface area contributed by atoms with Crippen molar-refractivity contribution in [3.05, 3.63) is 54.3 Å². The van der Waals surface area contributed by atoms with Crippen molar-refractivity contribution < 1.29 is 19.0 Å². The average molecular weight is 270 g/mol. The first-order valence-corrected chi connectivity index (χ1v) is 6.23. The van der Waals surface area contributed by atoms with Crippen LogP contribution in [0.3, 0.4) is 0 Å². The predicted octanol–water partition coefficient (Wildman–Crippen LogP) is 3.73. The van der Waals surface area contributed by atoms with Crippen LogP contribution in [0.25, 0.3) is 11.0 Å². The van der Waals surface area contributed by atoms with Crippen LogP contribution in [-0.4, -0.2) is 12.2 Å². The Morgan fingerprint density at radius 1 is 1.05 bits per heavy atom. The van der Waals surface area contributed by atoms with E-state index in [-0.39, 0.29) is 5.75 Å². The number of fused-ring (bicyclic) bond motifs is 1. The van der Waals surface area contributed by atoms with Crippen LogP contribution in [0.15, 0.2) is 52.9 Å². The minimum atomic E-state index is 0.184. The molecular formula is C16H14O4. The van der Waals surface area contributed by atoms with Gasteiger partial charge in [-0.15, -0.1) is 0 Å². The number of aromatic hydroxyl groups is 1. The largest absolute Gasteiger partial charge is 0.508 e. The topological polar surface area (TPSA) is 51.8 Å². The summed E-state index contributed by atoms with van der Waals surface area (Å²) >= 11 is 0. The fourth-order valence-electron chi connectivity index (χ4n) is 2.03. The predicted molar refractivity (Wildman–Crippen MR) is 75.2 cm³/mol. The van der Waals surface area contributed by atoms with E-state index in [4.69, 9.17) is 13.9 Å². The van der Waals surface area contributed by atoms with E-state index in [0.29, 0.717) is 29.4 Å². The lowest BCUT2D eigenvalue weighted by Gasteiger charge is -2.08. The second-order valence-corrected chi connectivity index (χ2v) is 4.37. The Morgan fingerprint density at radius 2 is 1.85 bits per heavy atom. The van der Waals surface area contributed by atoms with Crippen LogP contribution in [0, 0.1) is 0 Å². The zero-order valence-electron chi connectivity index (χ0n) is 11.0. The summed E-state index contributed by atoms with van der Waals surface area (Å²) in [5.74, 6) is 2.22. The summed E-state index contributed by atoms with van der Waals surface area (Å²) in [5.41, 5.74) is 0.642. The summed E-state index contributed by atoms with van der Waals surface area (Å²) < 4.78 is 16.5. The Bertz CT molecular complexity index is 730. The molecule has 0 aliphatic rings. The Hall–Kier alpha value is -2.62. The van der Waals surface area contributed by atoms with Crippen molar-refractivity contribution in [3.63, 3.8) is 0 Å². The fraction of sp³-hybridized carbons (Fsp3) is 0.125. The van der Waals surface area contributed by atoms with E-state index in [9.17, 15) is 5.11 Å². The second-order valence-electron chi connectivity index (χ2n) is 4.37. The van der Waals surface area contributed by atoms with E-state index >= 15 is 0 Å². The molecule has 2 aromatic carbocycles. The molecule has 4 heteroatoms. The van der Waals surface area contributed by atoms with Gasteiger partial charge in [0.25, 0.3) is 0 Å². The maximum atomic E-state index is 9.41. The van der Waals surface area contributed by atoms with E-state index < -0.39 is 0 Å². The number of benzene rings is 2. The summed E-state index contributed by atoms with van der Waals surface area (Å²) in [7, 11) is 1.60. The van der Waals surface area contributed by atoms with Crippen molar-refractivity contribution in [1.29, 1.82) is 0 Å². The molecule has 1 N–H and O–H groups in total. The molecule has 1 aromatic heterocycles. The molecule has 0 saturated heterocycles. The smallest absolute Gasteiger partial charge is 0.161 e. The number of phenols is 1. The van der Waals surface area contributed by atoms with Gasteiger partial charge in [-0.25, -0.2) is 0 Å². The highest BCUT2D eigenvalue weighted by Crippen LogP contribution is 2.28. The number of furan rings is 1. The SMILES string of the molecule is COc1ccccc1OCc1cc2ccc(O)cc2o1. The van der Waals surface area contributed by atoms with Gasteiger partial charge in [-0.05, 0) is 30.3 Å². The highest BCUT2D eigenvalue weighted by molar-refractivity contribution is 5.79. The molecule has 0 bridgehead atoms. The van der Waals surface area contributed by atoms with Gasteiger partial charge in [0.05, 0.1) is 7.11 Å².